The summed E-state index contributed by atoms with van der Waals surface area (Å²) in [6.07, 6.45) is -2.87. The molecule has 4 nitrogen and oxygen atoms in total. The van der Waals surface area contributed by atoms with Gasteiger partial charge in [-0.05, 0) is 30.3 Å². The van der Waals surface area contributed by atoms with Gasteiger partial charge in [0.2, 0.25) is 0 Å². The van der Waals surface area contributed by atoms with Crippen molar-refractivity contribution >= 4 is 17.4 Å². The zero-order chi connectivity index (χ0) is 18.3. The van der Waals surface area contributed by atoms with Gasteiger partial charge in [0, 0.05) is 17.6 Å². The smallest absolute Gasteiger partial charge is 0.349 e. The summed E-state index contributed by atoms with van der Waals surface area (Å²) in [7, 11) is 0. The first-order chi connectivity index (χ1) is 11.9. The maximum Gasteiger partial charge on any atom is 0.416 e. The van der Waals surface area contributed by atoms with Crippen LogP contribution in [0.1, 0.15) is 11.3 Å². The molecule has 0 fully saturated rings. The van der Waals surface area contributed by atoms with Crippen LogP contribution in [0.4, 0.5) is 18.9 Å². The second-order valence-corrected chi connectivity index (χ2v) is 5.73. The highest BCUT2D eigenvalue weighted by atomic mass is 32.2. The van der Waals surface area contributed by atoms with E-state index in [1.807, 2.05) is 0 Å². The van der Waals surface area contributed by atoms with Crippen molar-refractivity contribution in [2.75, 3.05) is 5.32 Å². The molecule has 1 N–H and O–H groups in total. The number of aromatic nitrogens is 1. The van der Waals surface area contributed by atoms with Gasteiger partial charge in [0.15, 0.2) is 5.57 Å². The average Bonchev–Trinajstić information content (AvgIpc) is 2.61. The van der Waals surface area contributed by atoms with Crippen LogP contribution in [0.5, 0.6) is 0 Å². The molecule has 0 bridgehead atoms. The van der Waals surface area contributed by atoms with Crippen LogP contribution in [0.2, 0.25) is 0 Å². The number of nitriles is 2. The number of pyridine rings is 1. The van der Waals surface area contributed by atoms with E-state index >= 15 is 0 Å². The second kappa shape index (κ2) is 8.22. The van der Waals surface area contributed by atoms with Gasteiger partial charge in [-0.3, -0.25) is 4.98 Å². The van der Waals surface area contributed by atoms with Crippen LogP contribution in [0, 0.1) is 22.7 Å². The molecule has 2 aromatic rings. The van der Waals surface area contributed by atoms with Gasteiger partial charge in [-0.2, -0.15) is 23.7 Å². The Morgan fingerprint density at radius 2 is 1.88 bits per heavy atom. The van der Waals surface area contributed by atoms with Crippen molar-refractivity contribution < 1.29 is 13.2 Å². The normalized spacial score (nSPS) is 10.4. The summed E-state index contributed by atoms with van der Waals surface area (Å²) in [5.41, 5.74) is -0.173. The molecule has 1 aromatic carbocycles. The van der Waals surface area contributed by atoms with Crippen molar-refractivity contribution in [3.63, 3.8) is 0 Å². The van der Waals surface area contributed by atoms with Gasteiger partial charge >= 0.3 is 6.18 Å². The number of allylic oxidation sites excluding steroid dienone is 1. The van der Waals surface area contributed by atoms with Crippen molar-refractivity contribution in [2.45, 2.75) is 11.9 Å². The van der Waals surface area contributed by atoms with Gasteiger partial charge in [-0.1, -0.05) is 23.9 Å². The van der Waals surface area contributed by atoms with Crippen LogP contribution in [0.3, 0.4) is 0 Å². The molecule has 2 rings (SSSR count). The minimum absolute atomic E-state index is 0.140. The lowest BCUT2D eigenvalue weighted by atomic mass is 10.2. The predicted octanol–water partition coefficient (Wildman–Crippen LogP) is 4.70. The lowest BCUT2D eigenvalue weighted by Gasteiger charge is -2.13. The number of alkyl halides is 3. The van der Waals surface area contributed by atoms with Crippen LogP contribution in [-0.2, 0) is 11.9 Å². The zero-order valence-corrected chi connectivity index (χ0v) is 13.5. The first kappa shape index (κ1) is 18.4. The fraction of sp³-hybridized carbons (Fsp3) is 0.118. The highest BCUT2D eigenvalue weighted by Gasteiger charge is 2.30. The van der Waals surface area contributed by atoms with Crippen molar-refractivity contribution in [3.05, 3.63) is 70.5 Å². The zero-order valence-electron chi connectivity index (χ0n) is 12.7. The summed E-state index contributed by atoms with van der Waals surface area (Å²) < 4.78 is 38.4. The van der Waals surface area contributed by atoms with Crippen molar-refractivity contribution in [1.29, 1.82) is 10.5 Å². The molecule has 8 heteroatoms. The molecule has 0 amide bonds. The van der Waals surface area contributed by atoms with E-state index in [2.05, 4.69) is 10.3 Å². The van der Waals surface area contributed by atoms with Gasteiger partial charge in [0.25, 0.3) is 0 Å². The van der Waals surface area contributed by atoms with E-state index in [0.717, 1.165) is 23.9 Å². The third kappa shape index (κ3) is 5.27. The number of thioether (sulfide) groups is 1. The molecule has 0 spiro atoms. The Balaban J connectivity index is 2.25. The minimum atomic E-state index is -4.48. The molecule has 0 aliphatic rings. The average molecular weight is 360 g/mol. The van der Waals surface area contributed by atoms with E-state index in [9.17, 15) is 13.2 Å². The van der Waals surface area contributed by atoms with E-state index < -0.39 is 11.7 Å². The maximum absolute atomic E-state index is 12.8. The second-order valence-electron chi connectivity index (χ2n) is 4.74. The van der Waals surface area contributed by atoms with Gasteiger partial charge < -0.3 is 5.32 Å². The van der Waals surface area contributed by atoms with Crippen molar-refractivity contribution in [3.8, 4) is 12.1 Å². The molecule has 0 atom stereocenters. The first-order valence-electron chi connectivity index (χ1n) is 6.95. The Morgan fingerprint density at radius 1 is 1.12 bits per heavy atom. The third-order valence-corrected chi connectivity index (χ3v) is 4.02. The van der Waals surface area contributed by atoms with Crippen LogP contribution in [0.15, 0.2) is 59.3 Å². The van der Waals surface area contributed by atoms with Crippen LogP contribution >= 0.6 is 11.8 Å². The maximum atomic E-state index is 12.8. The molecule has 25 heavy (non-hydrogen) atoms. The Kier molecular flexibility index (Phi) is 6.04. The Morgan fingerprint density at radius 3 is 2.48 bits per heavy atom. The van der Waals surface area contributed by atoms with Gasteiger partial charge in [-0.25, -0.2) is 0 Å². The summed E-state index contributed by atoms with van der Waals surface area (Å²) in [5.74, 6) is 0.356. The molecular weight excluding hydrogens is 349 g/mol. The van der Waals surface area contributed by atoms with Gasteiger partial charge in [-0.15, -0.1) is 0 Å². The Labute approximate surface area is 146 Å². The summed E-state index contributed by atoms with van der Waals surface area (Å²) in [6.45, 7) is 0. The summed E-state index contributed by atoms with van der Waals surface area (Å²) in [4.78, 5) is 4.13. The molecule has 126 valence electrons. The van der Waals surface area contributed by atoms with E-state index in [1.165, 1.54) is 12.1 Å². The molecule has 0 radical (unpaired) electrons. The molecule has 0 unspecified atom stereocenters. The standard InChI is InChI=1S/C17H11F3N4S/c18-17(19,20)13-4-3-6-14(8-13)24-16(12(9-21)10-22)25-11-15-5-1-2-7-23-15/h1-8,24H,11H2. The molecule has 0 aliphatic carbocycles. The lowest BCUT2D eigenvalue weighted by Crippen LogP contribution is -2.06. The largest absolute Gasteiger partial charge is 0.416 e. The predicted molar refractivity (Wildman–Crippen MR) is 88.9 cm³/mol. The van der Waals surface area contributed by atoms with Crippen LogP contribution in [0.25, 0.3) is 0 Å². The number of hydrogen-bond donors (Lipinski definition) is 1. The number of halogens is 3. The van der Waals surface area contributed by atoms with Crippen LogP contribution < -0.4 is 5.32 Å². The highest BCUT2D eigenvalue weighted by molar-refractivity contribution is 8.02. The summed E-state index contributed by atoms with van der Waals surface area (Å²) in [5, 5.41) is 21.1. The van der Waals surface area contributed by atoms with Crippen molar-refractivity contribution in [2.24, 2.45) is 0 Å². The number of hydrogen-bond acceptors (Lipinski definition) is 5. The van der Waals surface area contributed by atoms with E-state index in [1.54, 1.807) is 36.5 Å². The Bertz CT molecular complexity index is 833. The number of nitrogens with one attached hydrogen (secondary N) is 1. The fourth-order valence-corrected chi connectivity index (χ4v) is 2.72. The quantitative estimate of drug-likeness (QED) is 0.782. The number of nitrogens with zero attached hydrogens (tertiary/aromatic N) is 3. The van der Waals surface area contributed by atoms with Crippen molar-refractivity contribution in [1.82, 2.24) is 4.98 Å². The summed E-state index contributed by atoms with van der Waals surface area (Å²) >= 11 is 1.12. The van der Waals surface area contributed by atoms with E-state index in [-0.39, 0.29) is 16.3 Å². The Hall–Kier alpha value is -2.97. The molecular formula is C17H11F3N4S. The number of benzene rings is 1. The SMILES string of the molecule is N#CC(C#N)=C(Nc1cccc(C(F)(F)F)c1)SCc1ccccn1. The van der Waals surface area contributed by atoms with Crippen LogP contribution in [-0.4, -0.2) is 4.98 Å². The fourth-order valence-electron chi connectivity index (χ4n) is 1.83. The third-order valence-electron chi connectivity index (χ3n) is 2.99. The summed E-state index contributed by atoms with van der Waals surface area (Å²) in [6, 6.07) is 13.4. The minimum Gasteiger partial charge on any atom is -0.349 e. The topological polar surface area (TPSA) is 72.5 Å². The number of anilines is 1. The molecule has 1 aromatic heterocycles. The molecule has 0 saturated heterocycles. The molecule has 1 heterocycles. The molecule has 0 aliphatic heterocycles. The first-order valence-corrected chi connectivity index (χ1v) is 7.94. The van der Waals surface area contributed by atoms with E-state index in [4.69, 9.17) is 10.5 Å². The highest BCUT2D eigenvalue weighted by Crippen LogP contribution is 2.32. The number of rotatable bonds is 5. The van der Waals surface area contributed by atoms with E-state index in [0.29, 0.717) is 11.4 Å². The van der Waals surface area contributed by atoms with Gasteiger partial charge in [0.05, 0.1) is 11.3 Å². The molecule has 0 saturated carbocycles. The lowest BCUT2D eigenvalue weighted by molar-refractivity contribution is -0.137. The van der Waals surface area contributed by atoms with Gasteiger partial charge in [0.1, 0.15) is 17.2 Å². The monoisotopic (exact) mass is 360 g/mol.